The summed E-state index contributed by atoms with van der Waals surface area (Å²) in [5, 5.41) is 13.0. The summed E-state index contributed by atoms with van der Waals surface area (Å²) in [6, 6.07) is 0. The fraction of sp³-hybridized carbons (Fsp3) is 1.00. The first-order valence-electron chi connectivity index (χ1n) is 5.14. The van der Waals surface area contributed by atoms with E-state index in [1.165, 1.54) is 0 Å². The largest absolute Gasteiger partial charge is 0.392 e. The van der Waals surface area contributed by atoms with Gasteiger partial charge in [0.05, 0.1) is 11.7 Å². The third-order valence-electron chi connectivity index (χ3n) is 2.15. The van der Waals surface area contributed by atoms with Crippen LogP contribution in [0.15, 0.2) is 0 Å². The molecule has 3 heteroatoms. The SMILES string of the molecule is COC(C)(C)CC(O)CNC(C)(C)C. The van der Waals surface area contributed by atoms with Crippen LogP contribution in [0.3, 0.4) is 0 Å². The number of methoxy groups -OCH3 is 1. The molecule has 86 valence electrons. The summed E-state index contributed by atoms with van der Waals surface area (Å²) in [6.45, 7) is 10.8. The van der Waals surface area contributed by atoms with E-state index in [2.05, 4.69) is 26.1 Å². The molecule has 0 spiro atoms. The summed E-state index contributed by atoms with van der Waals surface area (Å²) in [7, 11) is 1.67. The zero-order chi connectivity index (χ0) is 11.4. The molecule has 0 aliphatic rings. The molecule has 0 amide bonds. The van der Waals surface area contributed by atoms with E-state index in [9.17, 15) is 5.11 Å². The number of ether oxygens (including phenoxy) is 1. The van der Waals surface area contributed by atoms with Crippen LogP contribution in [0.5, 0.6) is 0 Å². The smallest absolute Gasteiger partial charge is 0.0692 e. The number of hydrogen-bond acceptors (Lipinski definition) is 3. The van der Waals surface area contributed by atoms with E-state index in [1.54, 1.807) is 7.11 Å². The van der Waals surface area contributed by atoms with E-state index in [0.717, 1.165) is 0 Å². The van der Waals surface area contributed by atoms with Crippen LogP contribution in [0, 0.1) is 0 Å². The standard InChI is InChI=1S/C11H25NO2/c1-10(2,3)12-8-9(13)7-11(4,5)14-6/h9,12-13H,7-8H2,1-6H3. The molecule has 1 atom stereocenters. The second-order valence-electron chi connectivity index (χ2n) is 5.45. The van der Waals surface area contributed by atoms with Gasteiger partial charge in [-0.05, 0) is 34.6 Å². The lowest BCUT2D eigenvalue weighted by Gasteiger charge is -2.28. The van der Waals surface area contributed by atoms with E-state index >= 15 is 0 Å². The van der Waals surface area contributed by atoms with Crippen LogP contribution in [-0.2, 0) is 4.74 Å². The Bertz CT molecular complexity index is 161. The molecule has 0 heterocycles. The zero-order valence-corrected chi connectivity index (χ0v) is 10.3. The maximum Gasteiger partial charge on any atom is 0.0692 e. The quantitative estimate of drug-likeness (QED) is 0.712. The second-order valence-corrected chi connectivity index (χ2v) is 5.45. The van der Waals surface area contributed by atoms with Crippen molar-refractivity contribution in [2.75, 3.05) is 13.7 Å². The first-order valence-corrected chi connectivity index (χ1v) is 5.14. The normalized spacial score (nSPS) is 15.6. The molecule has 0 aromatic carbocycles. The molecule has 2 N–H and O–H groups in total. The first kappa shape index (κ1) is 13.9. The molecule has 0 saturated carbocycles. The van der Waals surface area contributed by atoms with Gasteiger partial charge in [0.15, 0.2) is 0 Å². The van der Waals surface area contributed by atoms with Gasteiger partial charge in [-0.2, -0.15) is 0 Å². The van der Waals surface area contributed by atoms with Crippen molar-refractivity contribution >= 4 is 0 Å². The molecule has 0 saturated heterocycles. The molecule has 0 aliphatic carbocycles. The Kier molecular flexibility index (Phi) is 5.06. The van der Waals surface area contributed by atoms with E-state index in [0.29, 0.717) is 13.0 Å². The van der Waals surface area contributed by atoms with Crippen molar-refractivity contribution in [2.24, 2.45) is 0 Å². The number of nitrogens with one attached hydrogen (secondary N) is 1. The van der Waals surface area contributed by atoms with Crippen LogP contribution in [0.25, 0.3) is 0 Å². The monoisotopic (exact) mass is 203 g/mol. The van der Waals surface area contributed by atoms with E-state index in [1.807, 2.05) is 13.8 Å². The summed E-state index contributed by atoms with van der Waals surface area (Å²) < 4.78 is 5.25. The molecule has 0 bridgehead atoms. The van der Waals surface area contributed by atoms with Gasteiger partial charge in [-0.25, -0.2) is 0 Å². The van der Waals surface area contributed by atoms with Crippen LogP contribution < -0.4 is 5.32 Å². The molecule has 0 aromatic heterocycles. The van der Waals surface area contributed by atoms with Gasteiger partial charge in [-0.3, -0.25) is 0 Å². The van der Waals surface area contributed by atoms with Gasteiger partial charge in [0.1, 0.15) is 0 Å². The summed E-state index contributed by atoms with van der Waals surface area (Å²) in [4.78, 5) is 0. The van der Waals surface area contributed by atoms with Crippen molar-refractivity contribution in [1.29, 1.82) is 0 Å². The number of hydrogen-bond donors (Lipinski definition) is 2. The summed E-state index contributed by atoms with van der Waals surface area (Å²) in [5.41, 5.74) is -0.197. The molecule has 0 aromatic rings. The number of aliphatic hydroxyl groups excluding tert-OH is 1. The highest BCUT2D eigenvalue weighted by atomic mass is 16.5. The minimum Gasteiger partial charge on any atom is -0.392 e. The third-order valence-corrected chi connectivity index (χ3v) is 2.15. The highest BCUT2D eigenvalue weighted by Gasteiger charge is 2.22. The van der Waals surface area contributed by atoms with Crippen molar-refractivity contribution in [3.63, 3.8) is 0 Å². The van der Waals surface area contributed by atoms with Crippen LogP contribution in [-0.4, -0.2) is 36.0 Å². The average molecular weight is 203 g/mol. The molecule has 3 nitrogen and oxygen atoms in total. The Morgan fingerprint density at radius 2 is 1.71 bits per heavy atom. The summed E-state index contributed by atoms with van der Waals surface area (Å²) in [6.07, 6.45) is 0.288. The molecule has 0 radical (unpaired) electrons. The highest BCUT2D eigenvalue weighted by molar-refractivity contribution is 4.78. The lowest BCUT2D eigenvalue weighted by atomic mass is 10.00. The average Bonchev–Trinajstić information content (AvgIpc) is 1.99. The Balaban J connectivity index is 3.82. The fourth-order valence-electron chi connectivity index (χ4n) is 1.15. The number of rotatable bonds is 5. The molecule has 0 rings (SSSR count). The van der Waals surface area contributed by atoms with Gasteiger partial charge in [0, 0.05) is 25.6 Å². The van der Waals surface area contributed by atoms with Crippen molar-refractivity contribution in [3.8, 4) is 0 Å². The third kappa shape index (κ3) is 7.30. The van der Waals surface area contributed by atoms with E-state index in [4.69, 9.17) is 4.74 Å². The summed E-state index contributed by atoms with van der Waals surface area (Å²) >= 11 is 0. The lowest BCUT2D eigenvalue weighted by molar-refractivity contribution is -0.0199. The number of aliphatic hydroxyl groups is 1. The Labute approximate surface area is 87.8 Å². The molecule has 0 aliphatic heterocycles. The Morgan fingerprint density at radius 1 is 1.21 bits per heavy atom. The minimum atomic E-state index is -0.357. The van der Waals surface area contributed by atoms with Crippen molar-refractivity contribution in [3.05, 3.63) is 0 Å². The molecule has 0 fully saturated rings. The van der Waals surface area contributed by atoms with Crippen molar-refractivity contribution < 1.29 is 9.84 Å². The zero-order valence-electron chi connectivity index (χ0n) is 10.3. The Hall–Kier alpha value is -0.120. The van der Waals surface area contributed by atoms with Gasteiger partial charge in [-0.15, -0.1) is 0 Å². The molecular formula is C11H25NO2. The minimum absolute atomic E-state index is 0.0538. The maximum atomic E-state index is 9.74. The van der Waals surface area contributed by atoms with Gasteiger partial charge >= 0.3 is 0 Å². The fourth-order valence-corrected chi connectivity index (χ4v) is 1.15. The second kappa shape index (κ2) is 5.10. The molecule has 1 unspecified atom stereocenters. The van der Waals surface area contributed by atoms with Crippen molar-refractivity contribution in [1.82, 2.24) is 5.32 Å². The van der Waals surface area contributed by atoms with Crippen LogP contribution in [0.2, 0.25) is 0 Å². The van der Waals surface area contributed by atoms with Gasteiger partial charge in [0.2, 0.25) is 0 Å². The van der Waals surface area contributed by atoms with Gasteiger partial charge in [-0.1, -0.05) is 0 Å². The topological polar surface area (TPSA) is 41.5 Å². The molecular weight excluding hydrogens is 178 g/mol. The highest BCUT2D eigenvalue weighted by Crippen LogP contribution is 2.15. The van der Waals surface area contributed by atoms with Gasteiger partial charge < -0.3 is 15.2 Å². The first-order chi connectivity index (χ1) is 6.16. The predicted octanol–water partition coefficient (Wildman–Crippen LogP) is 1.55. The van der Waals surface area contributed by atoms with E-state index < -0.39 is 0 Å². The predicted molar refractivity (Wildman–Crippen MR) is 59.5 cm³/mol. The lowest BCUT2D eigenvalue weighted by Crippen LogP contribution is -2.43. The maximum absolute atomic E-state index is 9.74. The van der Waals surface area contributed by atoms with Crippen LogP contribution >= 0.6 is 0 Å². The van der Waals surface area contributed by atoms with E-state index in [-0.39, 0.29) is 17.2 Å². The van der Waals surface area contributed by atoms with Crippen LogP contribution in [0.4, 0.5) is 0 Å². The Morgan fingerprint density at radius 3 is 2.07 bits per heavy atom. The van der Waals surface area contributed by atoms with Gasteiger partial charge in [0.25, 0.3) is 0 Å². The molecule has 14 heavy (non-hydrogen) atoms. The summed E-state index contributed by atoms with van der Waals surface area (Å²) in [5.74, 6) is 0. The number of β-amino-alcohol motifs (C(OH)–C–C–N with tert-alkyl or cyclic N) is 1. The van der Waals surface area contributed by atoms with Crippen LogP contribution in [0.1, 0.15) is 41.0 Å². The van der Waals surface area contributed by atoms with Crippen molar-refractivity contribution in [2.45, 2.75) is 58.3 Å².